The van der Waals surface area contributed by atoms with Gasteiger partial charge in [0.25, 0.3) is 0 Å². The van der Waals surface area contributed by atoms with Crippen LogP contribution in [0.5, 0.6) is 11.5 Å². The Labute approximate surface area is 141 Å². The summed E-state index contributed by atoms with van der Waals surface area (Å²) >= 11 is 0. The smallest absolute Gasteiger partial charge is 0.315 e. The lowest BCUT2D eigenvalue weighted by atomic mass is 10.2. The average Bonchev–Trinajstić information content (AvgIpc) is 2.62. The van der Waals surface area contributed by atoms with E-state index < -0.39 is 16.4 Å². The summed E-state index contributed by atoms with van der Waals surface area (Å²) in [6.45, 7) is 0. The maximum absolute atomic E-state index is 11.0. The van der Waals surface area contributed by atoms with Crippen LogP contribution in [0.1, 0.15) is 5.56 Å². The van der Waals surface area contributed by atoms with Gasteiger partial charge in [-0.15, -0.1) is 5.10 Å². The fraction of sp³-hybridized carbons (Fsp3) is 0.0625. The van der Waals surface area contributed by atoms with Crippen LogP contribution in [0.3, 0.4) is 0 Å². The minimum Gasteiger partial charge on any atom is -0.500 e. The maximum atomic E-state index is 11.0. The number of nitrogens with one attached hydrogen (secondary N) is 1. The Morgan fingerprint density at radius 1 is 1.36 bits per heavy atom. The SMILES string of the molecule is COc1cc(/C=N/Nc2nncc3ccccc23)cc([N+](=O)[O-])c1O. The Morgan fingerprint density at radius 2 is 2.16 bits per heavy atom. The van der Waals surface area contributed by atoms with Crippen molar-refractivity contribution in [2.24, 2.45) is 5.10 Å². The van der Waals surface area contributed by atoms with E-state index in [1.54, 1.807) is 6.20 Å². The summed E-state index contributed by atoms with van der Waals surface area (Å²) in [5.74, 6) is -0.0901. The lowest BCUT2D eigenvalue weighted by Gasteiger charge is -2.05. The summed E-state index contributed by atoms with van der Waals surface area (Å²) in [7, 11) is 1.31. The Morgan fingerprint density at radius 3 is 2.92 bits per heavy atom. The molecule has 1 aromatic heterocycles. The average molecular weight is 339 g/mol. The molecule has 0 aliphatic carbocycles. The maximum Gasteiger partial charge on any atom is 0.315 e. The van der Waals surface area contributed by atoms with Crippen molar-refractivity contribution in [3.8, 4) is 11.5 Å². The number of fused-ring (bicyclic) bond motifs is 1. The second-order valence-electron chi connectivity index (χ2n) is 5.00. The summed E-state index contributed by atoms with van der Waals surface area (Å²) < 4.78 is 4.94. The van der Waals surface area contributed by atoms with Crippen LogP contribution >= 0.6 is 0 Å². The third-order valence-corrected chi connectivity index (χ3v) is 3.45. The van der Waals surface area contributed by atoms with E-state index in [0.29, 0.717) is 11.4 Å². The van der Waals surface area contributed by atoms with Gasteiger partial charge in [-0.25, -0.2) is 0 Å². The Bertz CT molecular complexity index is 969. The zero-order chi connectivity index (χ0) is 17.8. The van der Waals surface area contributed by atoms with Gasteiger partial charge in [0.1, 0.15) is 0 Å². The molecule has 0 aliphatic heterocycles. The van der Waals surface area contributed by atoms with Gasteiger partial charge in [0.15, 0.2) is 11.6 Å². The molecule has 126 valence electrons. The van der Waals surface area contributed by atoms with Crippen molar-refractivity contribution >= 4 is 28.5 Å². The van der Waals surface area contributed by atoms with Crippen molar-refractivity contribution in [1.29, 1.82) is 0 Å². The highest BCUT2D eigenvalue weighted by atomic mass is 16.6. The second-order valence-corrected chi connectivity index (χ2v) is 5.00. The molecule has 2 N–H and O–H groups in total. The molecule has 0 amide bonds. The fourth-order valence-corrected chi connectivity index (χ4v) is 2.26. The molecule has 0 bridgehead atoms. The molecule has 0 fully saturated rings. The number of phenolic OH excluding ortho intramolecular Hbond substituents is 1. The first-order chi connectivity index (χ1) is 12.1. The highest BCUT2D eigenvalue weighted by Crippen LogP contribution is 2.36. The monoisotopic (exact) mass is 339 g/mol. The number of nitrogens with zero attached hydrogens (tertiary/aromatic N) is 4. The van der Waals surface area contributed by atoms with E-state index in [2.05, 4.69) is 20.7 Å². The molecule has 0 unspecified atom stereocenters. The lowest BCUT2D eigenvalue weighted by Crippen LogP contribution is -1.98. The van der Waals surface area contributed by atoms with Gasteiger partial charge in [-0.1, -0.05) is 24.3 Å². The third-order valence-electron chi connectivity index (χ3n) is 3.45. The van der Waals surface area contributed by atoms with Crippen LogP contribution in [0.4, 0.5) is 11.5 Å². The van der Waals surface area contributed by atoms with Crippen LogP contribution in [0, 0.1) is 10.1 Å². The number of rotatable bonds is 5. The van der Waals surface area contributed by atoms with E-state index in [1.807, 2.05) is 24.3 Å². The van der Waals surface area contributed by atoms with Crippen molar-refractivity contribution < 1.29 is 14.8 Å². The molecule has 0 atom stereocenters. The Hall–Kier alpha value is -3.75. The number of hydrazone groups is 1. The highest BCUT2D eigenvalue weighted by Gasteiger charge is 2.19. The van der Waals surface area contributed by atoms with E-state index in [4.69, 9.17) is 4.74 Å². The van der Waals surface area contributed by atoms with Crippen molar-refractivity contribution in [2.45, 2.75) is 0 Å². The summed E-state index contributed by atoms with van der Waals surface area (Å²) in [5.41, 5.74) is 2.67. The highest BCUT2D eigenvalue weighted by molar-refractivity contribution is 5.91. The van der Waals surface area contributed by atoms with Gasteiger partial charge >= 0.3 is 5.69 Å². The molecule has 0 spiro atoms. The number of aromatic hydroxyl groups is 1. The first-order valence-electron chi connectivity index (χ1n) is 7.15. The van der Waals surface area contributed by atoms with Crippen LogP contribution in [-0.4, -0.2) is 33.6 Å². The van der Waals surface area contributed by atoms with E-state index in [1.165, 1.54) is 25.5 Å². The van der Waals surface area contributed by atoms with E-state index in [-0.39, 0.29) is 5.75 Å². The van der Waals surface area contributed by atoms with Gasteiger partial charge < -0.3 is 9.84 Å². The largest absolute Gasteiger partial charge is 0.500 e. The summed E-state index contributed by atoms with van der Waals surface area (Å²) in [4.78, 5) is 10.3. The summed E-state index contributed by atoms with van der Waals surface area (Å²) in [5, 5.41) is 34.4. The fourth-order valence-electron chi connectivity index (χ4n) is 2.26. The van der Waals surface area contributed by atoms with E-state index >= 15 is 0 Å². The van der Waals surface area contributed by atoms with E-state index in [0.717, 1.165) is 10.8 Å². The van der Waals surface area contributed by atoms with Crippen LogP contribution in [-0.2, 0) is 0 Å². The molecule has 3 rings (SSSR count). The molecule has 2 aromatic carbocycles. The predicted molar refractivity (Wildman–Crippen MR) is 92.1 cm³/mol. The van der Waals surface area contributed by atoms with Crippen LogP contribution < -0.4 is 10.2 Å². The zero-order valence-corrected chi connectivity index (χ0v) is 13.1. The minimum atomic E-state index is -0.696. The number of benzene rings is 2. The van der Waals surface area contributed by atoms with Crippen LogP contribution in [0.15, 0.2) is 47.7 Å². The third kappa shape index (κ3) is 3.29. The topological polar surface area (TPSA) is 123 Å². The van der Waals surface area contributed by atoms with Gasteiger partial charge in [-0.3, -0.25) is 15.5 Å². The number of nitro groups is 1. The van der Waals surface area contributed by atoms with E-state index in [9.17, 15) is 15.2 Å². The molecule has 0 saturated carbocycles. The van der Waals surface area contributed by atoms with Crippen LogP contribution in [0.2, 0.25) is 0 Å². The molecule has 25 heavy (non-hydrogen) atoms. The van der Waals surface area contributed by atoms with Crippen LogP contribution in [0.25, 0.3) is 10.8 Å². The number of anilines is 1. The molecule has 0 aliphatic rings. The standard InChI is InChI=1S/C16H13N5O4/c1-25-14-7-10(6-13(15(14)22)21(23)24)8-17-19-16-12-5-3-2-4-11(12)9-18-20-16/h2-9,22H,1H3,(H,19,20)/b17-8+. The second kappa shape index (κ2) is 6.79. The molecule has 0 saturated heterocycles. The molecular formula is C16H13N5O4. The number of hydrogen-bond donors (Lipinski definition) is 2. The molecule has 0 radical (unpaired) electrons. The molecule has 1 heterocycles. The predicted octanol–water partition coefficient (Wildman–Crippen LogP) is 2.70. The summed E-state index contributed by atoms with van der Waals surface area (Å²) in [6, 6.07) is 10.1. The summed E-state index contributed by atoms with van der Waals surface area (Å²) in [6.07, 6.45) is 3.00. The minimum absolute atomic E-state index is 0.0133. The first-order valence-corrected chi connectivity index (χ1v) is 7.15. The number of methoxy groups -OCH3 is 1. The molecular weight excluding hydrogens is 326 g/mol. The van der Waals surface area contributed by atoms with Gasteiger partial charge in [0.05, 0.1) is 24.4 Å². The molecule has 9 heteroatoms. The Kier molecular flexibility index (Phi) is 4.38. The number of phenols is 1. The quantitative estimate of drug-likeness (QED) is 0.416. The number of ether oxygens (including phenoxy) is 1. The van der Waals surface area contributed by atoms with Crippen molar-refractivity contribution in [1.82, 2.24) is 10.2 Å². The Balaban J connectivity index is 1.89. The van der Waals surface area contributed by atoms with Crippen molar-refractivity contribution in [3.63, 3.8) is 0 Å². The van der Waals surface area contributed by atoms with Gasteiger partial charge in [0.2, 0.25) is 5.75 Å². The molecule has 3 aromatic rings. The zero-order valence-electron chi connectivity index (χ0n) is 13.1. The first kappa shape index (κ1) is 16.1. The molecule has 9 nitrogen and oxygen atoms in total. The lowest BCUT2D eigenvalue weighted by molar-refractivity contribution is -0.386. The number of aromatic nitrogens is 2. The van der Waals surface area contributed by atoms with Gasteiger partial charge in [0, 0.05) is 22.4 Å². The van der Waals surface area contributed by atoms with Gasteiger partial charge in [-0.2, -0.15) is 10.2 Å². The van der Waals surface area contributed by atoms with Crippen molar-refractivity contribution in [3.05, 3.63) is 58.3 Å². The van der Waals surface area contributed by atoms with Gasteiger partial charge in [-0.05, 0) is 6.07 Å². The number of nitro benzene ring substituents is 1. The van der Waals surface area contributed by atoms with Crippen molar-refractivity contribution in [2.75, 3.05) is 12.5 Å². The normalized spacial score (nSPS) is 10.9. The number of hydrogen-bond acceptors (Lipinski definition) is 8.